The summed E-state index contributed by atoms with van der Waals surface area (Å²) in [7, 11) is 0. The molecule has 7 rings (SSSR count). The highest BCUT2D eigenvalue weighted by atomic mass is 19.4. The summed E-state index contributed by atoms with van der Waals surface area (Å²) in [6, 6.07) is 21.3. The monoisotopic (exact) mass is 699 g/mol. The number of carboxylic acid groups (broad SMARTS) is 1. The summed E-state index contributed by atoms with van der Waals surface area (Å²) in [6.45, 7) is 4.17. The highest BCUT2D eigenvalue weighted by Gasteiger charge is 2.44. The number of nitrogens with zero attached hydrogens (tertiary/aromatic N) is 6. The molecule has 0 radical (unpaired) electrons. The third-order valence-corrected chi connectivity index (χ3v) is 9.42. The van der Waals surface area contributed by atoms with Crippen LogP contribution in [0.1, 0.15) is 42.5 Å². The number of carbonyl (C=O) groups is 1. The predicted molar refractivity (Wildman–Crippen MR) is 177 cm³/mol. The molecule has 50 heavy (non-hydrogen) atoms. The molecule has 4 aromatic rings. The van der Waals surface area contributed by atoms with Crippen LogP contribution in [0.25, 0.3) is 11.2 Å². The number of likely N-dealkylation sites (tertiary alicyclic amines) is 1. The van der Waals surface area contributed by atoms with Crippen LogP contribution in [-0.4, -0.2) is 121 Å². The molecular formula is C34H40F3N7O6. The number of aliphatic carboxylic acids is 1. The maximum absolute atomic E-state index is 10.8. The van der Waals surface area contributed by atoms with E-state index in [1.54, 1.807) is 10.9 Å². The second-order valence-corrected chi connectivity index (χ2v) is 12.6. The number of hydrogen-bond acceptors (Lipinski definition) is 11. The number of imidazole rings is 1. The van der Waals surface area contributed by atoms with E-state index >= 15 is 0 Å². The van der Waals surface area contributed by atoms with Gasteiger partial charge in [-0.2, -0.15) is 23.1 Å². The van der Waals surface area contributed by atoms with Crippen LogP contribution in [0.2, 0.25) is 0 Å². The normalized spacial score (nSPS) is 24.1. The van der Waals surface area contributed by atoms with Crippen molar-refractivity contribution in [1.29, 1.82) is 0 Å². The molecule has 3 fully saturated rings. The Labute approximate surface area is 286 Å². The topological polar surface area (TPSA) is 169 Å². The Morgan fingerprint density at radius 3 is 2.14 bits per heavy atom. The zero-order chi connectivity index (χ0) is 35.4. The van der Waals surface area contributed by atoms with Crippen molar-refractivity contribution < 1.29 is 43.1 Å². The number of hydrogen-bond donors (Lipinski definition) is 5. The number of aromatic nitrogens is 4. The van der Waals surface area contributed by atoms with Gasteiger partial charge >= 0.3 is 12.1 Å². The number of halogens is 3. The molecule has 2 aromatic heterocycles. The van der Waals surface area contributed by atoms with Crippen LogP contribution in [-0.2, 0) is 9.53 Å². The van der Waals surface area contributed by atoms with E-state index in [-0.39, 0.29) is 5.92 Å². The summed E-state index contributed by atoms with van der Waals surface area (Å²) in [6.07, 6.45) is -4.25. The number of aliphatic hydroxyl groups excluding tert-OH is 3. The predicted octanol–water partition coefficient (Wildman–Crippen LogP) is 2.99. The number of aliphatic hydroxyl groups is 3. The Kier molecular flexibility index (Phi) is 10.8. The SMILES string of the molecule is O=C(O)C(F)(F)F.OC[C@H]1O[C@@H](n2cnc3c(NCC(c4ccccc4)c4ccccc4)nc(N4CC[C@@H](N5CCCC5)C4)nc32)[C@H](O)[C@@H]1O. The van der Waals surface area contributed by atoms with Crippen LogP contribution in [0.4, 0.5) is 24.9 Å². The van der Waals surface area contributed by atoms with E-state index in [0.29, 0.717) is 35.5 Å². The first-order valence-electron chi connectivity index (χ1n) is 16.5. The van der Waals surface area contributed by atoms with Gasteiger partial charge in [0.05, 0.1) is 12.9 Å². The number of carboxylic acids is 1. The molecule has 268 valence electrons. The summed E-state index contributed by atoms with van der Waals surface area (Å²) in [5, 5.41) is 41.7. The largest absolute Gasteiger partial charge is 0.490 e. The van der Waals surface area contributed by atoms with Gasteiger partial charge in [-0.05, 0) is 43.5 Å². The molecule has 0 unspecified atom stereocenters. The average Bonchev–Trinajstić information content (AvgIpc) is 3.94. The molecule has 0 aliphatic carbocycles. The standard InChI is InChI=1S/C32H39N7O4.C2HF3O2/c40-19-25-27(41)28(42)31(43-25)39-20-34-26-29(33-17-24(21-9-3-1-4-10-21)22-11-5-2-6-12-22)35-32(36-30(26)39)38-16-13-23(18-38)37-14-7-8-15-37;3-2(4,5)1(6)7/h1-6,9-12,20,23-25,27-28,31,40-42H,7-8,13-19H2,(H,33,35,36);(H,6,7)/t23-,25-,27-,28-,31-;/m1./s1. The van der Waals surface area contributed by atoms with Crippen LogP contribution >= 0.6 is 0 Å². The van der Waals surface area contributed by atoms with Crippen molar-refractivity contribution in [2.75, 3.05) is 49.5 Å². The highest BCUT2D eigenvalue weighted by Crippen LogP contribution is 2.34. The molecule has 0 bridgehead atoms. The second-order valence-electron chi connectivity index (χ2n) is 12.6. The summed E-state index contributed by atoms with van der Waals surface area (Å²) in [4.78, 5) is 28.3. The van der Waals surface area contributed by atoms with E-state index in [4.69, 9.17) is 24.6 Å². The Hall–Kier alpha value is -4.35. The first-order chi connectivity index (χ1) is 24.0. The van der Waals surface area contributed by atoms with Gasteiger partial charge in [-0.1, -0.05) is 60.7 Å². The zero-order valence-electron chi connectivity index (χ0n) is 27.1. The minimum absolute atomic E-state index is 0.0738. The molecule has 16 heteroatoms. The number of alkyl halides is 3. The molecule has 3 saturated heterocycles. The lowest BCUT2D eigenvalue weighted by Crippen LogP contribution is -2.35. The van der Waals surface area contributed by atoms with E-state index in [0.717, 1.165) is 32.6 Å². The van der Waals surface area contributed by atoms with Gasteiger partial charge in [0.2, 0.25) is 5.95 Å². The molecule has 0 amide bonds. The highest BCUT2D eigenvalue weighted by molar-refractivity contribution is 5.84. The van der Waals surface area contributed by atoms with Crippen molar-refractivity contribution in [2.24, 2.45) is 0 Å². The summed E-state index contributed by atoms with van der Waals surface area (Å²) in [5.41, 5.74) is 3.44. The quantitative estimate of drug-likeness (QED) is 0.174. The minimum Gasteiger partial charge on any atom is -0.475 e. The van der Waals surface area contributed by atoms with Gasteiger partial charge in [0.15, 0.2) is 23.2 Å². The van der Waals surface area contributed by atoms with E-state index in [9.17, 15) is 28.5 Å². The van der Waals surface area contributed by atoms with E-state index < -0.39 is 43.3 Å². The van der Waals surface area contributed by atoms with E-state index in [1.165, 1.54) is 24.0 Å². The third kappa shape index (κ3) is 7.68. The number of benzene rings is 2. The van der Waals surface area contributed by atoms with Crippen molar-refractivity contribution >= 4 is 28.9 Å². The van der Waals surface area contributed by atoms with Gasteiger partial charge in [0, 0.05) is 31.6 Å². The average molecular weight is 700 g/mol. The molecule has 3 aliphatic rings. The van der Waals surface area contributed by atoms with Gasteiger partial charge in [-0.15, -0.1) is 0 Å². The lowest BCUT2D eigenvalue weighted by Gasteiger charge is -2.24. The fraction of sp³-hybridized carbons (Fsp3) is 0.471. The lowest BCUT2D eigenvalue weighted by atomic mass is 9.91. The van der Waals surface area contributed by atoms with Crippen LogP contribution in [0.3, 0.4) is 0 Å². The summed E-state index contributed by atoms with van der Waals surface area (Å²) >= 11 is 0. The first-order valence-corrected chi connectivity index (χ1v) is 16.5. The van der Waals surface area contributed by atoms with Gasteiger partial charge < -0.3 is 35.4 Å². The van der Waals surface area contributed by atoms with Crippen molar-refractivity contribution in [3.63, 3.8) is 0 Å². The van der Waals surface area contributed by atoms with E-state index in [1.807, 2.05) is 12.1 Å². The minimum atomic E-state index is -5.08. The molecule has 2 aromatic carbocycles. The molecule has 0 saturated carbocycles. The number of rotatable bonds is 9. The Balaban J connectivity index is 0.000000561. The van der Waals surface area contributed by atoms with Gasteiger partial charge in [0.25, 0.3) is 0 Å². The first kappa shape index (κ1) is 35.5. The van der Waals surface area contributed by atoms with Gasteiger partial charge in [-0.25, -0.2) is 9.78 Å². The smallest absolute Gasteiger partial charge is 0.475 e. The van der Waals surface area contributed by atoms with E-state index in [2.05, 4.69) is 68.6 Å². The van der Waals surface area contributed by atoms with Crippen molar-refractivity contribution in [2.45, 2.75) is 61.9 Å². The molecular weight excluding hydrogens is 659 g/mol. The molecule has 5 heterocycles. The molecule has 5 atom stereocenters. The number of ether oxygens (including phenoxy) is 1. The summed E-state index contributed by atoms with van der Waals surface area (Å²) in [5.74, 6) is -1.48. The maximum atomic E-state index is 10.8. The van der Waals surface area contributed by atoms with Crippen LogP contribution in [0.5, 0.6) is 0 Å². The maximum Gasteiger partial charge on any atom is 0.490 e. The lowest BCUT2D eigenvalue weighted by molar-refractivity contribution is -0.192. The Bertz CT molecular complexity index is 1690. The number of fused-ring (bicyclic) bond motifs is 1. The zero-order valence-corrected chi connectivity index (χ0v) is 27.1. The number of nitrogens with one attached hydrogen (secondary N) is 1. The molecule has 0 spiro atoms. The molecule has 13 nitrogen and oxygen atoms in total. The van der Waals surface area contributed by atoms with Crippen LogP contribution in [0, 0.1) is 0 Å². The van der Waals surface area contributed by atoms with Crippen molar-refractivity contribution in [1.82, 2.24) is 24.4 Å². The van der Waals surface area contributed by atoms with Crippen molar-refractivity contribution in [3.05, 3.63) is 78.1 Å². The fourth-order valence-corrected chi connectivity index (χ4v) is 6.79. The third-order valence-electron chi connectivity index (χ3n) is 9.42. The second kappa shape index (κ2) is 15.3. The molecule has 5 N–H and O–H groups in total. The molecule has 3 aliphatic heterocycles. The Morgan fingerprint density at radius 1 is 0.960 bits per heavy atom. The summed E-state index contributed by atoms with van der Waals surface area (Å²) < 4.78 is 39.2. The van der Waals surface area contributed by atoms with Gasteiger partial charge in [0.1, 0.15) is 18.3 Å². The fourth-order valence-electron chi connectivity index (χ4n) is 6.79. The van der Waals surface area contributed by atoms with Crippen LogP contribution in [0.15, 0.2) is 67.0 Å². The Morgan fingerprint density at radius 2 is 1.58 bits per heavy atom. The van der Waals surface area contributed by atoms with Crippen molar-refractivity contribution in [3.8, 4) is 0 Å². The number of anilines is 2. The van der Waals surface area contributed by atoms with Crippen LogP contribution < -0.4 is 10.2 Å². The van der Waals surface area contributed by atoms with Gasteiger partial charge in [-0.3, -0.25) is 9.47 Å².